The molecule has 0 radical (unpaired) electrons. The number of aromatic nitrogens is 1. The van der Waals surface area contributed by atoms with Crippen LogP contribution in [0.1, 0.15) is 56.1 Å². The molecule has 212 valence electrons. The molecule has 6 nitrogen and oxygen atoms in total. The lowest BCUT2D eigenvalue weighted by Gasteiger charge is -2.15. The molecule has 1 amide bonds. The molecule has 1 heterocycles. The quantitative estimate of drug-likeness (QED) is 0.235. The first-order chi connectivity index (χ1) is 19.3. The lowest BCUT2D eigenvalue weighted by atomic mass is 9.94. The fraction of sp³-hybridized carbons (Fsp3) is 0.273. The van der Waals surface area contributed by atoms with Gasteiger partial charge >= 0.3 is 5.97 Å². The zero-order chi connectivity index (χ0) is 29.7. The normalized spacial score (nSPS) is 10.1. The van der Waals surface area contributed by atoms with Crippen LogP contribution in [-0.4, -0.2) is 35.8 Å². The van der Waals surface area contributed by atoms with Gasteiger partial charge in [0.05, 0.1) is 18.4 Å². The van der Waals surface area contributed by atoms with Crippen LogP contribution in [-0.2, 0) is 16.1 Å². The summed E-state index contributed by atoms with van der Waals surface area (Å²) >= 11 is 0. The van der Waals surface area contributed by atoms with Crippen molar-refractivity contribution in [3.05, 3.63) is 102 Å². The largest absolute Gasteiger partial charge is 0.469 e. The Labute approximate surface area is 236 Å². The number of hydrogen-bond donors (Lipinski definition) is 2. The maximum Gasteiger partial charge on any atom is 0.305 e. The van der Waals surface area contributed by atoms with E-state index in [1.54, 1.807) is 19.1 Å². The minimum absolute atomic E-state index is 0.114. The van der Waals surface area contributed by atoms with Crippen LogP contribution in [0.2, 0.25) is 0 Å². The van der Waals surface area contributed by atoms with E-state index in [1.807, 2.05) is 60.7 Å². The third-order valence-corrected chi connectivity index (χ3v) is 6.12. The van der Waals surface area contributed by atoms with E-state index in [2.05, 4.69) is 35.4 Å². The molecule has 0 aliphatic heterocycles. The van der Waals surface area contributed by atoms with Crippen LogP contribution in [0.4, 0.5) is 10.1 Å². The van der Waals surface area contributed by atoms with Crippen LogP contribution in [0.3, 0.4) is 0 Å². The highest BCUT2D eigenvalue weighted by atomic mass is 19.1. The third kappa shape index (κ3) is 7.90. The van der Waals surface area contributed by atoms with Gasteiger partial charge in [-0.3, -0.25) is 9.59 Å². The number of hydrogen-bond acceptors (Lipinski definition) is 4. The maximum absolute atomic E-state index is 13.7. The second-order valence-corrected chi connectivity index (χ2v) is 9.01. The molecule has 0 bridgehead atoms. The van der Waals surface area contributed by atoms with Crippen molar-refractivity contribution in [3.8, 4) is 22.4 Å². The Balaban J connectivity index is 0.000000622. The molecule has 0 atom stereocenters. The number of aliphatic hydroxyl groups excluding tert-OH is 1. The van der Waals surface area contributed by atoms with E-state index in [0.717, 1.165) is 40.9 Å². The van der Waals surface area contributed by atoms with Crippen LogP contribution in [0.25, 0.3) is 22.4 Å². The van der Waals surface area contributed by atoms with Crippen LogP contribution >= 0.6 is 0 Å². The Morgan fingerprint density at radius 2 is 1.43 bits per heavy atom. The topological polar surface area (TPSA) is 80.6 Å². The van der Waals surface area contributed by atoms with Gasteiger partial charge in [-0.05, 0) is 60.4 Å². The number of methoxy groups -OCH3 is 1. The van der Waals surface area contributed by atoms with E-state index in [0.29, 0.717) is 18.5 Å². The summed E-state index contributed by atoms with van der Waals surface area (Å²) in [7, 11) is 2.38. The zero-order valence-electron chi connectivity index (χ0n) is 24.1. The van der Waals surface area contributed by atoms with Gasteiger partial charge in [0.2, 0.25) is 0 Å². The average Bonchev–Trinajstić information content (AvgIpc) is 3.35. The van der Waals surface area contributed by atoms with Gasteiger partial charge in [0.15, 0.2) is 0 Å². The van der Waals surface area contributed by atoms with Crippen molar-refractivity contribution >= 4 is 17.6 Å². The molecule has 2 N–H and O–H groups in total. The molecule has 4 aromatic rings. The SMILES string of the molecule is CCC(=O)OC.CCn1c(-c2ccc(F)cc2)c(-c2ccccc2)c(C(=O)Nc2ccccc2)c1C(C)C.CO. The van der Waals surface area contributed by atoms with E-state index in [1.165, 1.54) is 19.2 Å². The molecule has 0 saturated heterocycles. The fourth-order valence-corrected chi connectivity index (χ4v) is 4.45. The first-order valence-corrected chi connectivity index (χ1v) is 13.3. The number of amides is 1. The van der Waals surface area contributed by atoms with Crippen molar-refractivity contribution in [2.24, 2.45) is 0 Å². The van der Waals surface area contributed by atoms with Gasteiger partial charge in [-0.25, -0.2) is 4.39 Å². The summed E-state index contributed by atoms with van der Waals surface area (Å²) < 4.78 is 20.2. The summed E-state index contributed by atoms with van der Waals surface area (Å²) in [6.45, 7) is 8.73. The molecule has 7 heteroatoms. The Morgan fingerprint density at radius 3 is 1.88 bits per heavy atom. The summed E-state index contributed by atoms with van der Waals surface area (Å²) in [5.74, 6) is -0.469. The van der Waals surface area contributed by atoms with E-state index >= 15 is 0 Å². The predicted molar refractivity (Wildman–Crippen MR) is 160 cm³/mol. The van der Waals surface area contributed by atoms with Crippen LogP contribution in [0.15, 0.2) is 84.9 Å². The smallest absolute Gasteiger partial charge is 0.305 e. The number of rotatable bonds is 7. The van der Waals surface area contributed by atoms with Crippen LogP contribution < -0.4 is 5.32 Å². The van der Waals surface area contributed by atoms with Crippen molar-refractivity contribution in [1.82, 2.24) is 4.57 Å². The Kier molecular flexibility index (Phi) is 12.8. The second kappa shape index (κ2) is 16.0. The van der Waals surface area contributed by atoms with E-state index < -0.39 is 0 Å². The van der Waals surface area contributed by atoms with Crippen molar-refractivity contribution in [1.29, 1.82) is 0 Å². The van der Waals surface area contributed by atoms with Crippen molar-refractivity contribution in [2.75, 3.05) is 19.5 Å². The summed E-state index contributed by atoms with van der Waals surface area (Å²) in [6.07, 6.45) is 0.469. The van der Waals surface area contributed by atoms with Gasteiger partial charge in [-0.1, -0.05) is 69.3 Å². The third-order valence-electron chi connectivity index (χ3n) is 6.12. The Bertz CT molecular complexity index is 1340. The lowest BCUT2D eigenvalue weighted by molar-refractivity contribution is -0.140. The average molecular weight is 547 g/mol. The fourth-order valence-electron chi connectivity index (χ4n) is 4.45. The Morgan fingerprint density at radius 1 is 0.875 bits per heavy atom. The highest BCUT2D eigenvalue weighted by molar-refractivity contribution is 6.12. The summed E-state index contributed by atoms with van der Waals surface area (Å²) in [5.41, 5.74) is 6.03. The number of halogens is 1. The van der Waals surface area contributed by atoms with Crippen molar-refractivity contribution < 1.29 is 23.8 Å². The van der Waals surface area contributed by atoms with Gasteiger partial charge in [-0.15, -0.1) is 0 Å². The highest BCUT2D eigenvalue weighted by Gasteiger charge is 2.29. The lowest BCUT2D eigenvalue weighted by Crippen LogP contribution is -2.16. The van der Waals surface area contributed by atoms with Gasteiger partial charge in [0.1, 0.15) is 5.82 Å². The van der Waals surface area contributed by atoms with Crippen LogP contribution in [0.5, 0.6) is 0 Å². The molecule has 3 aromatic carbocycles. The molecule has 0 fully saturated rings. The molecule has 0 aliphatic rings. The number of carbonyl (C=O) groups excluding carboxylic acids is 2. The number of aliphatic hydroxyl groups is 1. The summed E-state index contributed by atoms with van der Waals surface area (Å²) in [6, 6.07) is 25.9. The zero-order valence-corrected chi connectivity index (χ0v) is 24.1. The number of benzene rings is 3. The number of esters is 1. The molecule has 0 saturated carbocycles. The molecule has 0 spiro atoms. The molecular formula is C33H39FN2O4. The minimum atomic E-state index is -0.282. The highest BCUT2D eigenvalue weighted by Crippen LogP contribution is 2.42. The number of anilines is 1. The first-order valence-electron chi connectivity index (χ1n) is 13.3. The van der Waals surface area contributed by atoms with Gasteiger partial charge in [-0.2, -0.15) is 0 Å². The van der Waals surface area contributed by atoms with E-state index in [4.69, 9.17) is 5.11 Å². The molecule has 0 unspecified atom stereocenters. The maximum atomic E-state index is 13.7. The van der Waals surface area contributed by atoms with E-state index in [-0.39, 0.29) is 23.6 Å². The molecule has 0 aliphatic carbocycles. The minimum Gasteiger partial charge on any atom is -0.469 e. The van der Waals surface area contributed by atoms with Gasteiger partial charge in [0.25, 0.3) is 5.91 Å². The standard InChI is InChI=1S/C28H27FN2O.C4H8O2.CH4O/c1-4-31-26(19(2)3)25(28(32)30-23-13-9-6-10-14-23)24(20-11-7-5-8-12-20)27(31)21-15-17-22(29)18-16-21;1-3-4(5)6-2;1-2/h5-19H,4H2,1-3H3,(H,30,32);3H2,1-2H3;2H,1H3. The van der Waals surface area contributed by atoms with E-state index in [9.17, 15) is 14.0 Å². The second-order valence-electron chi connectivity index (χ2n) is 9.01. The van der Waals surface area contributed by atoms with Crippen LogP contribution in [0, 0.1) is 5.82 Å². The van der Waals surface area contributed by atoms with Gasteiger partial charge in [0, 0.05) is 37.0 Å². The summed E-state index contributed by atoms with van der Waals surface area (Å²) in [4.78, 5) is 23.7. The number of nitrogens with zero attached hydrogens (tertiary/aromatic N) is 1. The first kappa shape index (κ1) is 32.0. The number of para-hydroxylation sites is 1. The molecular weight excluding hydrogens is 507 g/mol. The molecule has 4 rings (SSSR count). The summed E-state index contributed by atoms with van der Waals surface area (Å²) in [5, 5.41) is 10.1. The predicted octanol–water partition coefficient (Wildman–Crippen LogP) is 7.53. The molecule has 40 heavy (non-hydrogen) atoms. The van der Waals surface area contributed by atoms with Crippen molar-refractivity contribution in [2.45, 2.75) is 46.6 Å². The van der Waals surface area contributed by atoms with Crippen molar-refractivity contribution in [3.63, 3.8) is 0 Å². The van der Waals surface area contributed by atoms with Gasteiger partial charge < -0.3 is 19.7 Å². The number of nitrogens with one attached hydrogen (secondary N) is 1. The Hall–Kier alpha value is -4.23. The number of ether oxygens (including phenoxy) is 1. The monoisotopic (exact) mass is 546 g/mol. The molecule has 1 aromatic heterocycles. The number of carbonyl (C=O) groups is 2.